The van der Waals surface area contributed by atoms with Crippen molar-refractivity contribution >= 4 is 5.91 Å². The Hall–Kier alpha value is -1.89. The molecule has 0 spiro atoms. The fourth-order valence-corrected chi connectivity index (χ4v) is 3.56. The molecule has 25 heavy (non-hydrogen) atoms. The Bertz CT molecular complexity index is 650. The van der Waals surface area contributed by atoms with E-state index < -0.39 is 24.4 Å². The molecule has 7 heteroatoms. The van der Waals surface area contributed by atoms with E-state index in [9.17, 15) is 18.7 Å². The van der Waals surface area contributed by atoms with Crippen LogP contribution in [0.3, 0.4) is 0 Å². The van der Waals surface area contributed by atoms with Gasteiger partial charge in [0.1, 0.15) is 23.2 Å². The van der Waals surface area contributed by atoms with E-state index in [-0.39, 0.29) is 11.7 Å². The fraction of sp³-hybridized carbons (Fsp3) is 0.611. The first-order valence-corrected chi connectivity index (χ1v) is 8.55. The zero-order valence-corrected chi connectivity index (χ0v) is 14.4. The van der Waals surface area contributed by atoms with Gasteiger partial charge in [-0.3, -0.25) is 4.79 Å². The fourth-order valence-electron chi connectivity index (χ4n) is 3.56. The van der Waals surface area contributed by atoms with Crippen molar-refractivity contribution in [2.75, 3.05) is 6.54 Å². The van der Waals surface area contributed by atoms with Crippen LogP contribution in [0.1, 0.15) is 51.1 Å². The Kier molecular flexibility index (Phi) is 4.86. The van der Waals surface area contributed by atoms with Crippen molar-refractivity contribution in [3.8, 4) is 11.5 Å². The van der Waals surface area contributed by atoms with E-state index in [0.717, 1.165) is 19.3 Å². The average Bonchev–Trinajstić information content (AvgIpc) is 2.73. The second kappa shape index (κ2) is 6.78. The van der Waals surface area contributed by atoms with Gasteiger partial charge in [-0.2, -0.15) is 8.78 Å². The molecule has 1 amide bonds. The van der Waals surface area contributed by atoms with Gasteiger partial charge in [-0.15, -0.1) is 0 Å². The second-order valence-corrected chi connectivity index (χ2v) is 7.07. The molecule has 1 saturated heterocycles. The minimum absolute atomic E-state index is 0.0171. The van der Waals surface area contributed by atoms with Crippen molar-refractivity contribution in [2.45, 2.75) is 63.9 Å². The van der Waals surface area contributed by atoms with Crippen LogP contribution in [0, 0.1) is 0 Å². The van der Waals surface area contributed by atoms with Gasteiger partial charge in [-0.1, -0.05) is 6.42 Å². The van der Waals surface area contributed by atoms with Gasteiger partial charge in [-0.05, 0) is 44.9 Å². The van der Waals surface area contributed by atoms with Crippen LogP contribution in [0.15, 0.2) is 18.2 Å². The van der Waals surface area contributed by atoms with Crippen LogP contribution in [0.5, 0.6) is 11.5 Å². The number of carbonyl (C=O) groups excluding carboxylic acids is 1. The van der Waals surface area contributed by atoms with Crippen LogP contribution in [0.4, 0.5) is 8.78 Å². The van der Waals surface area contributed by atoms with Crippen LogP contribution in [0.25, 0.3) is 0 Å². The van der Waals surface area contributed by atoms with E-state index >= 15 is 0 Å². The molecule has 0 bridgehead atoms. The summed E-state index contributed by atoms with van der Waals surface area (Å²) in [7, 11) is 0. The van der Waals surface area contributed by atoms with E-state index in [1.807, 2.05) is 0 Å². The number of likely N-dealkylation sites (tertiary alicyclic amines) is 1. The first-order chi connectivity index (χ1) is 11.8. The second-order valence-electron chi connectivity index (χ2n) is 7.07. The predicted octanol–water partition coefficient (Wildman–Crippen LogP) is 3.26. The molecular formula is C18H23F2NO4. The normalized spacial score (nSPS) is 26.0. The molecule has 0 aromatic heterocycles. The van der Waals surface area contributed by atoms with Crippen molar-refractivity contribution in [1.82, 2.24) is 4.90 Å². The molecule has 5 nitrogen and oxygen atoms in total. The van der Waals surface area contributed by atoms with Gasteiger partial charge in [0.05, 0.1) is 6.04 Å². The maximum atomic E-state index is 12.6. The van der Waals surface area contributed by atoms with Crippen LogP contribution in [0.2, 0.25) is 0 Å². The highest BCUT2D eigenvalue weighted by Crippen LogP contribution is 2.45. The van der Waals surface area contributed by atoms with Crippen LogP contribution < -0.4 is 9.47 Å². The molecular weight excluding hydrogens is 332 g/mol. The molecule has 0 aliphatic carbocycles. The molecule has 2 aliphatic heterocycles. The smallest absolute Gasteiger partial charge is 0.387 e. The van der Waals surface area contributed by atoms with E-state index in [2.05, 4.69) is 4.74 Å². The number of hydrogen-bond acceptors (Lipinski definition) is 4. The molecule has 0 radical (unpaired) electrons. The lowest BCUT2D eigenvalue weighted by atomic mass is 9.85. The SMILES string of the molecule is CC1(C)Oc2ccc(OC(F)F)cc2[C@@H](N2CCCCCC2=O)[C@@H]1O. The Balaban J connectivity index is 2.04. The number of aliphatic hydroxyl groups is 1. The summed E-state index contributed by atoms with van der Waals surface area (Å²) in [5.41, 5.74) is -0.407. The summed E-state index contributed by atoms with van der Waals surface area (Å²) in [5.74, 6) is 0.417. The van der Waals surface area contributed by atoms with Gasteiger partial charge in [-0.25, -0.2) is 0 Å². The predicted molar refractivity (Wildman–Crippen MR) is 86.7 cm³/mol. The van der Waals surface area contributed by atoms with Gasteiger partial charge >= 0.3 is 6.61 Å². The van der Waals surface area contributed by atoms with Gasteiger partial charge < -0.3 is 19.5 Å². The van der Waals surface area contributed by atoms with E-state index in [1.165, 1.54) is 12.1 Å². The molecule has 2 atom stereocenters. The number of benzene rings is 1. The lowest BCUT2D eigenvalue weighted by Gasteiger charge is -2.46. The Morgan fingerprint density at radius 3 is 2.80 bits per heavy atom. The average molecular weight is 355 g/mol. The number of rotatable bonds is 3. The Labute approximate surface area is 145 Å². The first-order valence-electron chi connectivity index (χ1n) is 8.55. The lowest BCUT2D eigenvalue weighted by molar-refractivity contribution is -0.144. The highest BCUT2D eigenvalue weighted by Gasteiger charge is 2.46. The van der Waals surface area contributed by atoms with Crippen molar-refractivity contribution in [1.29, 1.82) is 0 Å². The molecule has 0 saturated carbocycles. The summed E-state index contributed by atoms with van der Waals surface area (Å²) in [6.45, 7) is 1.08. The number of hydrogen-bond donors (Lipinski definition) is 1. The number of amides is 1. The maximum Gasteiger partial charge on any atom is 0.387 e. The minimum Gasteiger partial charge on any atom is -0.485 e. The van der Waals surface area contributed by atoms with E-state index in [0.29, 0.717) is 24.3 Å². The molecule has 1 aromatic carbocycles. The van der Waals surface area contributed by atoms with Crippen LogP contribution >= 0.6 is 0 Å². The van der Waals surface area contributed by atoms with Gasteiger partial charge in [0.15, 0.2) is 0 Å². The number of nitrogens with zero attached hydrogens (tertiary/aromatic N) is 1. The summed E-state index contributed by atoms with van der Waals surface area (Å²) < 4.78 is 35.4. The largest absolute Gasteiger partial charge is 0.485 e. The van der Waals surface area contributed by atoms with Gasteiger partial charge in [0.25, 0.3) is 0 Å². The molecule has 3 rings (SSSR count). The quantitative estimate of drug-likeness (QED) is 0.904. The number of ether oxygens (including phenoxy) is 2. The van der Waals surface area contributed by atoms with E-state index in [1.54, 1.807) is 24.8 Å². The number of carbonyl (C=O) groups is 1. The monoisotopic (exact) mass is 355 g/mol. The number of aliphatic hydroxyl groups excluding tert-OH is 1. The summed E-state index contributed by atoms with van der Waals surface area (Å²) >= 11 is 0. The minimum atomic E-state index is -2.94. The summed E-state index contributed by atoms with van der Waals surface area (Å²) in [4.78, 5) is 14.2. The number of fused-ring (bicyclic) bond motifs is 1. The maximum absolute atomic E-state index is 12.6. The highest BCUT2D eigenvalue weighted by molar-refractivity contribution is 5.77. The third-order valence-corrected chi connectivity index (χ3v) is 4.86. The molecule has 1 aromatic rings. The van der Waals surface area contributed by atoms with Crippen molar-refractivity contribution in [2.24, 2.45) is 0 Å². The van der Waals surface area contributed by atoms with E-state index in [4.69, 9.17) is 4.74 Å². The van der Waals surface area contributed by atoms with Crippen molar-refractivity contribution < 1.29 is 28.2 Å². The summed E-state index contributed by atoms with van der Waals surface area (Å²) in [6.07, 6.45) is 2.06. The molecule has 0 unspecified atom stereocenters. The van der Waals surface area contributed by atoms with Crippen LogP contribution in [-0.2, 0) is 4.79 Å². The van der Waals surface area contributed by atoms with Crippen LogP contribution in [-0.4, -0.2) is 40.8 Å². The number of halogens is 2. The van der Waals surface area contributed by atoms with Gasteiger partial charge in [0.2, 0.25) is 5.91 Å². The lowest BCUT2D eigenvalue weighted by Crippen LogP contribution is -2.54. The van der Waals surface area contributed by atoms with Crippen molar-refractivity contribution in [3.63, 3.8) is 0 Å². The molecule has 1 fully saturated rings. The summed E-state index contributed by atoms with van der Waals surface area (Å²) in [5, 5.41) is 10.9. The Morgan fingerprint density at radius 2 is 2.08 bits per heavy atom. The zero-order chi connectivity index (χ0) is 18.2. The molecule has 2 heterocycles. The molecule has 2 aliphatic rings. The third-order valence-electron chi connectivity index (χ3n) is 4.86. The summed E-state index contributed by atoms with van der Waals surface area (Å²) in [6, 6.07) is 3.74. The van der Waals surface area contributed by atoms with Crippen molar-refractivity contribution in [3.05, 3.63) is 23.8 Å². The highest BCUT2D eigenvalue weighted by atomic mass is 19.3. The molecule has 138 valence electrons. The van der Waals surface area contributed by atoms with Gasteiger partial charge in [0, 0.05) is 18.5 Å². The Morgan fingerprint density at radius 1 is 1.32 bits per heavy atom. The third kappa shape index (κ3) is 3.56. The molecule has 1 N–H and O–H groups in total. The zero-order valence-electron chi connectivity index (χ0n) is 14.4. The standard InChI is InChI=1S/C18H23F2NO4/c1-18(2)16(23)15(21-9-5-3-4-6-14(21)22)12-10-11(24-17(19)20)7-8-13(12)25-18/h7-8,10,15-17,23H,3-6,9H2,1-2H3/t15-,16+/m1/s1. The number of alkyl halides is 2. The topological polar surface area (TPSA) is 59.0 Å². The first kappa shape index (κ1) is 17.9.